The maximum Gasteiger partial charge on any atom is 0.293 e. The summed E-state index contributed by atoms with van der Waals surface area (Å²) >= 11 is 0. The summed E-state index contributed by atoms with van der Waals surface area (Å²) in [5.41, 5.74) is 4.48. The number of sulfonamides is 1. The molecule has 10 heteroatoms. The molecule has 0 bridgehead atoms. The van der Waals surface area contributed by atoms with Gasteiger partial charge in [0, 0.05) is 12.1 Å². The van der Waals surface area contributed by atoms with Crippen molar-refractivity contribution in [3.05, 3.63) is 28.3 Å². The molecule has 1 aliphatic carbocycles. The Balaban J connectivity index is 0.00000264. The molecule has 0 aliphatic heterocycles. The number of ether oxygens (including phenoxy) is 1. The first kappa shape index (κ1) is 19.6. The molecular weight excluding hydrogens is 346 g/mol. The molecule has 0 saturated heterocycles. The van der Waals surface area contributed by atoms with Crippen LogP contribution in [0.1, 0.15) is 25.7 Å². The summed E-state index contributed by atoms with van der Waals surface area (Å²) in [5.74, 6) is 0.222. The highest BCUT2D eigenvalue weighted by molar-refractivity contribution is 7.89. The minimum absolute atomic E-state index is 0. The Hall–Kier alpha value is -1.42. The summed E-state index contributed by atoms with van der Waals surface area (Å²) in [6, 6.07) is 3.65. The van der Waals surface area contributed by atoms with E-state index < -0.39 is 26.2 Å². The molecule has 130 valence electrons. The quantitative estimate of drug-likeness (QED) is 0.582. The number of hydrogen-bond acceptors (Lipinski definition) is 6. The number of nitro groups is 1. The van der Waals surface area contributed by atoms with Gasteiger partial charge >= 0.3 is 0 Å². The van der Waals surface area contributed by atoms with Crippen molar-refractivity contribution in [3.63, 3.8) is 0 Å². The Morgan fingerprint density at radius 1 is 1.39 bits per heavy atom. The lowest BCUT2D eigenvalue weighted by Gasteiger charge is -2.28. The monoisotopic (exact) mass is 365 g/mol. The van der Waals surface area contributed by atoms with Crippen molar-refractivity contribution in [2.24, 2.45) is 5.73 Å². The number of nitrogens with two attached hydrogens (primary N) is 1. The number of nitrogens with zero attached hydrogens (tertiary/aromatic N) is 1. The first-order valence-electron chi connectivity index (χ1n) is 6.90. The van der Waals surface area contributed by atoms with Crippen molar-refractivity contribution in [1.82, 2.24) is 4.72 Å². The van der Waals surface area contributed by atoms with Gasteiger partial charge in [-0.25, -0.2) is 13.1 Å². The lowest BCUT2D eigenvalue weighted by Crippen LogP contribution is -2.51. The molecule has 0 aromatic heterocycles. The van der Waals surface area contributed by atoms with Crippen molar-refractivity contribution < 1.29 is 18.1 Å². The Labute approximate surface area is 141 Å². The van der Waals surface area contributed by atoms with E-state index in [-0.39, 0.29) is 29.6 Å². The molecule has 1 fully saturated rings. The van der Waals surface area contributed by atoms with E-state index in [2.05, 4.69) is 4.72 Å². The summed E-state index contributed by atoms with van der Waals surface area (Å²) in [6.45, 7) is 0.163. The van der Waals surface area contributed by atoms with Crippen LogP contribution in [0.15, 0.2) is 23.1 Å². The fourth-order valence-corrected chi connectivity index (χ4v) is 4.36. The van der Waals surface area contributed by atoms with Crippen LogP contribution in [0, 0.1) is 10.1 Å². The number of nitrogens with one attached hydrogen (secondary N) is 1. The molecule has 0 unspecified atom stereocenters. The zero-order valence-corrected chi connectivity index (χ0v) is 14.3. The Morgan fingerprint density at radius 3 is 2.48 bits per heavy atom. The third-order valence-corrected chi connectivity index (χ3v) is 5.58. The van der Waals surface area contributed by atoms with Crippen LogP contribution in [0.25, 0.3) is 0 Å². The maximum atomic E-state index is 12.6. The van der Waals surface area contributed by atoms with Gasteiger partial charge in [-0.15, -0.1) is 12.4 Å². The predicted octanol–water partition coefficient (Wildman–Crippen LogP) is 1.57. The van der Waals surface area contributed by atoms with E-state index in [1.54, 1.807) is 0 Å². The van der Waals surface area contributed by atoms with E-state index >= 15 is 0 Å². The smallest absolute Gasteiger partial charge is 0.293 e. The van der Waals surface area contributed by atoms with E-state index in [0.717, 1.165) is 18.9 Å². The Bertz CT molecular complexity index is 674. The second kappa shape index (κ2) is 7.43. The second-order valence-corrected chi connectivity index (χ2v) is 7.04. The van der Waals surface area contributed by atoms with Crippen LogP contribution in [0.5, 0.6) is 5.75 Å². The van der Waals surface area contributed by atoms with E-state index in [1.807, 2.05) is 0 Å². The van der Waals surface area contributed by atoms with Gasteiger partial charge in [-0.2, -0.15) is 0 Å². The minimum Gasteiger partial charge on any atom is -0.497 e. The first-order chi connectivity index (χ1) is 10.3. The fourth-order valence-electron chi connectivity index (χ4n) is 2.73. The lowest BCUT2D eigenvalue weighted by molar-refractivity contribution is -0.387. The largest absolute Gasteiger partial charge is 0.497 e. The summed E-state index contributed by atoms with van der Waals surface area (Å²) in [7, 11) is -2.69. The summed E-state index contributed by atoms with van der Waals surface area (Å²) in [4.78, 5) is 10.0. The molecule has 1 aromatic rings. The molecule has 0 amide bonds. The molecule has 3 N–H and O–H groups in total. The first-order valence-corrected chi connectivity index (χ1v) is 8.38. The van der Waals surface area contributed by atoms with Crippen LogP contribution >= 0.6 is 12.4 Å². The van der Waals surface area contributed by atoms with Crippen molar-refractivity contribution in [3.8, 4) is 5.75 Å². The average molecular weight is 366 g/mol. The molecule has 2 rings (SSSR count). The predicted molar refractivity (Wildman–Crippen MR) is 87.5 cm³/mol. The molecule has 1 aromatic carbocycles. The number of halogens is 1. The van der Waals surface area contributed by atoms with Crippen LogP contribution in [-0.4, -0.2) is 32.5 Å². The van der Waals surface area contributed by atoms with Gasteiger partial charge in [0.15, 0.2) is 4.90 Å². The molecule has 0 spiro atoms. The van der Waals surface area contributed by atoms with Gasteiger partial charge in [0.1, 0.15) is 5.75 Å². The normalized spacial score (nSPS) is 16.6. The molecule has 1 aliphatic rings. The van der Waals surface area contributed by atoms with E-state index in [9.17, 15) is 18.5 Å². The van der Waals surface area contributed by atoms with E-state index in [4.69, 9.17) is 10.5 Å². The maximum absolute atomic E-state index is 12.6. The van der Waals surface area contributed by atoms with Crippen LogP contribution in [0.3, 0.4) is 0 Å². The third kappa shape index (κ3) is 4.11. The molecule has 1 saturated carbocycles. The van der Waals surface area contributed by atoms with Crippen LogP contribution in [0.4, 0.5) is 5.69 Å². The number of hydrogen-bond donors (Lipinski definition) is 2. The summed E-state index contributed by atoms with van der Waals surface area (Å²) < 4.78 is 32.6. The Kier molecular flexibility index (Phi) is 6.34. The van der Waals surface area contributed by atoms with Gasteiger partial charge < -0.3 is 10.5 Å². The van der Waals surface area contributed by atoms with Crippen LogP contribution in [0.2, 0.25) is 0 Å². The second-order valence-electron chi connectivity index (χ2n) is 5.39. The molecule has 0 atom stereocenters. The zero-order valence-electron chi connectivity index (χ0n) is 12.6. The number of rotatable bonds is 6. The molecule has 0 radical (unpaired) electrons. The molecule has 23 heavy (non-hydrogen) atoms. The molecule has 0 heterocycles. The van der Waals surface area contributed by atoms with Gasteiger partial charge in [-0.05, 0) is 25.0 Å². The molecule has 8 nitrogen and oxygen atoms in total. The summed E-state index contributed by atoms with van der Waals surface area (Å²) in [6.07, 6.45) is 3.02. The highest BCUT2D eigenvalue weighted by atomic mass is 35.5. The third-order valence-electron chi connectivity index (χ3n) is 3.95. The van der Waals surface area contributed by atoms with E-state index in [0.29, 0.717) is 12.8 Å². The highest BCUT2D eigenvalue weighted by Crippen LogP contribution is 2.33. The fraction of sp³-hybridized carbons (Fsp3) is 0.538. The van der Waals surface area contributed by atoms with Gasteiger partial charge in [0.05, 0.1) is 18.1 Å². The minimum atomic E-state index is -4.04. The number of benzene rings is 1. The average Bonchev–Trinajstić information content (AvgIpc) is 2.94. The van der Waals surface area contributed by atoms with Crippen molar-refractivity contribution >= 4 is 28.1 Å². The SMILES string of the molecule is COc1ccc(S(=O)(=O)NC2(CN)CCCC2)c([N+](=O)[O-])c1.Cl. The van der Waals surface area contributed by atoms with Gasteiger partial charge in [-0.3, -0.25) is 10.1 Å². The standard InChI is InChI=1S/C13H19N3O5S.ClH/c1-21-10-4-5-12(11(8-10)16(17)18)22(19,20)15-13(9-14)6-2-3-7-13;/h4-5,8,15H,2-3,6-7,9,14H2,1H3;1H. The zero-order chi connectivity index (χ0) is 16.4. The van der Waals surface area contributed by atoms with Crippen molar-refractivity contribution in [2.75, 3.05) is 13.7 Å². The Morgan fingerprint density at radius 2 is 2.00 bits per heavy atom. The highest BCUT2D eigenvalue weighted by Gasteiger charge is 2.38. The molecular formula is C13H20ClN3O5S. The van der Waals surface area contributed by atoms with Gasteiger partial charge in [0.25, 0.3) is 5.69 Å². The van der Waals surface area contributed by atoms with Crippen molar-refractivity contribution in [2.45, 2.75) is 36.1 Å². The van der Waals surface area contributed by atoms with Crippen LogP contribution in [-0.2, 0) is 10.0 Å². The number of nitro benzene ring substituents is 1. The van der Waals surface area contributed by atoms with Crippen molar-refractivity contribution in [1.29, 1.82) is 0 Å². The van der Waals surface area contributed by atoms with Crippen LogP contribution < -0.4 is 15.2 Å². The summed E-state index contributed by atoms with van der Waals surface area (Å²) in [5, 5.41) is 11.2. The van der Waals surface area contributed by atoms with Gasteiger partial charge in [-0.1, -0.05) is 12.8 Å². The lowest BCUT2D eigenvalue weighted by atomic mass is 10.0. The topological polar surface area (TPSA) is 125 Å². The van der Waals surface area contributed by atoms with Gasteiger partial charge in [0.2, 0.25) is 10.0 Å². The van der Waals surface area contributed by atoms with E-state index in [1.165, 1.54) is 19.2 Å². The number of methoxy groups -OCH3 is 1.